The zero-order valence-electron chi connectivity index (χ0n) is 16.6. The standard InChI is InChI=1S/C23H24N2O4S/c26-23(22-15-21(25-29-22)18-9-3-1-4-10-18)24-19-11-7-8-17(14-19)16-30(27,28)20-12-5-2-6-13-20/h1,3-4,7-11,14-15,20H,2,5-6,12-13,16H2,(H,24,26). The molecule has 0 aliphatic heterocycles. The van der Waals surface area contributed by atoms with Crippen molar-refractivity contribution < 1.29 is 17.7 Å². The van der Waals surface area contributed by atoms with Crippen LogP contribution in [0.4, 0.5) is 5.69 Å². The number of benzene rings is 2. The van der Waals surface area contributed by atoms with Crippen LogP contribution in [0.15, 0.2) is 65.2 Å². The maximum Gasteiger partial charge on any atom is 0.294 e. The summed E-state index contributed by atoms with van der Waals surface area (Å²) < 4.78 is 30.7. The van der Waals surface area contributed by atoms with Gasteiger partial charge in [-0.1, -0.05) is 66.9 Å². The SMILES string of the molecule is O=C(Nc1cccc(CS(=O)(=O)C2CCCCC2)c1)c1cc(-c2ccccc2)no1. The number of sulfone groups is 1. The molecule has 0 unspecified atom stereocenters. The summed E-state index contributed by atoms with van der Waals surface area (Å²) in [6.07, 6.45) is 4.55. The van der Waals surface area contributed by atoms with E-state index in [2.05, 4.69) is 10.5 Å². The molecule has 0 saturated heterocycles. The summed E-state index contributed by atoms with van der Waals surface area (Å²) in [6, 6.07) is 18.0. The average Bonchev–Trinajstić information content (AvgIpc) is 3.26. The van der Waals surface area contributed by atoms with Gasteiger partial charge in [-0.2, -0.15) is 0 Å². The second-order valence-electron chi connectivity index (χ2n) is 7.66. The van der Waals surface area contributed by atoms with E-state index in [-0.39, 0.29) is 16.8 Å². The number of carbonyl (C=O) groups is 1. The quantitative estimate of drug-likeness (QED) is 0.611. The summed E-state index contributed by atoms with van der Waals surface area (Å²) in [6.45, 7) is 0. The van der Waals surface area contributed by atoms with Crippen molar-refractivity contribution in [3.05, 3.63) is 72.0 Å². The minimum absolute atomic E-state index is 0.0121. The van der Waals surface area contributed by atoms with Gasteiger partial charge in [-0.15, -0.1) is 0 Å². The Hall–Kier alpha value is -2.93. The first kappa shape index (κ1) is 20.3. The molecular formula is C23H24N2O4S. The van der Waals surface area contributed by atoms with Crippen molar-refractivity contribution in [3.63, 3.8) is 0 Å². The predicted octanol–water partition coefficient (Wildman–Crippen LogP) is 4.84. The van der Waals surface area contributed by atoms with Gasteiger partial charge in [0.05, 0.1) is 11.0 Å². The Morgan fingerprint density at radius 1 is 1.00 bits per heavy atom. The van der Waals surface area contributed by atoms with E-state index in [0.29, 0.717) is 16.9 Å². The molecule has 1 aromatic heterocycles. The van der Waals surface area contributed by atoms with Gasteiger partial charge in [-0.05, 0) is 30.5 Å². The number of hydrogen-bond donors (Lipinski definition) is 1. The van der Waals surface area contributed by atoms with Crippen molar-refractivity contribution in [2.75, 3.05) is 5.32 Å². The number of nitrogens with zero attached hydrogens (tertiary/aromatic N) is 1. The second-order valence-corrected chi connectivity index (χ2v) is 9.95. The van der Waals surface area contributed by atoms with Crippen LogP contribution in [0.1, 0.15) is 48.2 Å². The van der Waals surface area contributed by atoms with E-state index in [1.165, 1.54) is 0 Å². The molecule has 0 spiro atoms. The lowest BCUT2D eigenvalue weighted by Gasteiger charge is -2.21. The summed E-state index contributed by atoms with van der Waals surface area (Å²) in [5, 5.41) is 6.46. The van der Waals surface area contributed by atoms with Crippen LogP contribution in [0.2, 0.25) is 0 Å². The fourth-order valence-electron chi connectivity index (χ4n) is 3.83. The van der Waals surface area contributed by atoms with E-state index in [9.17, 15) is 13.2 Å². The average molecular weight is 425 g/mol. The maximum absolute atomic E-state index is 12.7. The lowest BCUT2D eigenvalue weighted by Crippen LogP contribution is -2.25. The second kappa shape index (κ2) is 8.83. The molecule has 1 amide bonds. The van der Waals surface area contributed by atoms with Gasteiger partial charge >= 0.3 is 0 Å². The van der Waals surface area contributed by atoms with Gasteiger partial charge in [-0.3, -0.25) is 4.79 Å². The van der Waals surface area contributed by atoms with Crippen molar-refractivity contribution >= 4 is 21.4 Å². The molecule has 0 bridgehead atoms. The first-order valence-electron chi connectivity index (χ1n) is 10.2. The van der Waals surface area contributed by atoms with Gasteiger partial charge in [0.15, 0.2) is 9.84 Å². The van der Waals surface area contributed by atoms with Gasteiger partial charge in [0.1, 0.15) is 5.69 Å². The van der Waals surface area contributed by atoms with E-state index in [4.69, 9.17) is 4.52 Å². The van der Waals surface area contributed by atoms with Crippen LogP contribution in [0.25, 0.3) is 11.3 Å². The van der Waals surface area contributed by atoms with E-state index in [0.717, 1.165) is 37.7 Å². The fraction of sp³-hybridized carbons (Fsp3) is 0.304. The number of anilines is 1. The first-order valence-corrected chi connectivity index (χ1v) is 11.9. The van der Waals surface area contributed by atoms with Crippen molar-refractivity contribution in [1.82, 2.24) is 5.16 Å². The summed E-state index contributed by atoms with van der Waals surface area (Å²) in [5.41, 5.74) is 2.62. The number of hydrogen-bond acceptors (Lipinski definition) is 5. The molecule has 1 heterocycles. The van der Waals surface area contributed by atoms with E-state index in [1.54, 1.807) is 30.3 Å². The van der Waals surface area contributed by atoms with Crippen LogP contribution in [0, 0.1) is 0 Å². The van der Waals surface area contributed by atoms with Gasteiger partial charge in [0.25, 0.3) is 5.91 Å². The summed E-state index contributed by atoms with van der Waals surface area (Å²) >= 11 is 0. The third-order valence-electron chi connectivity index (χ3n) is 5.42. The van der Waals surface area contributed by atoms with Crippen LogP contribution >= 0.6 is 0 Å². The summed E-state index contributed by atoms with van der Waals surface area (Å²) in [5.74, 6) is -0.354. The minimum Gasteiger partial charge on any atom is -0.350 e. The number of nitrogens with one attached hydrogen (secondary N) is 1. The predicted molar refractivity (Wildman–Crippen MR) is 116 cm³/mol. The Labute approximate surface area is 176 Å². The van der Waals surface area contributed by atoms with Gasteiger partial charge < -0.3 is 9.84 Å². The van der Waals surface area contributed by atoms with Gasteiger partial charge in [0, 0.05) is 17.3 Å². The minimum atomic E-state index is -3.20. The molecule has 0 atom stereocenters. The lowest BCUT2D eigenvalue weighted by molar-refractivity contribution is 0.0988. The van der Waals surface area contributed by atoms with Gasteiger partial charge in [-0.25, -0.2) is 8.42 Å². The third kappa shape index (κ3) is 4.79. The van der Waals surface area contributed by atoms with Crippen molar-refractivity contribution in [1.29, 1.82) is 0 Å². The van der Waals surface area contributed by atoms with Crippen molar-refractivity contribution in [3.8, 4) is 11.3 Å². The van der Waals surface area contributed by atoms with Crippen LogP contribution in [0.3, 0.4) is 0 Å². The highest BCUT2D eigenvalue weighted by atomic mass is 32.2. The highest BCUT2D eigenvalue weighted by Gasteiger charge is 2.27. The molecule has 0 radical (unpaired) electrons. The molecule has 1 aliphatic carbocycles. The number of rotatable bonds is 6. The molecule has 6 nitrogen and oxygen atoms in total. The van der Waals surface area contributed by atoms with Crippen LogP contribution in [-0.2, 0) is 15.6 Å². The zero-order chi connectivity index (χ0) is 21.0. The smallest absolute Gasteiger partial charge is 0.294 e. The molecule has 1 fully saturated rings. The molecule has 1 saturated carbocycles. The lowest BCUT2D eigenvalue weighted by atomic mass is 10.0. The zero-order valence-corrected chi connectivity index (χ0v) is 17.4. The van der Waals surface area contributed by atoms with Crippen LogP contribution in [0.5, 0.6) is 0 Å². The molecule has 30 heavy (non-hydrogen) atoms. The highest BCUT2D eigenvalue weighted by Crippen LogP contribution is 2.27. The molecule has 1 aliphatic rings. The maximum atomic E-state index is 12.7. The molecule has 2 aromatic carbocycles. The highest BCUT2D eigenvalue weighted by molar-refractivity contribution is 7.91. The Balaban J connectivity index is 1.44. The van der Waals surface area contributed by atoms with Gasteiger partial charge in [0.2, 0.25) is 5.76 Å². The third-order valence-corrected chi connectivity index (χ3v) is 7.64. The topological polar surface area (TPSA) is 89.3 Å². The first-order chi connectivity index (χ1) is 14.5. The Morgan fingerprint density at radius 3 is 2.53 bits per heavy atom. The van der Waals surface area contributed by atoms with E-state index < -0.39 is 15.7 Å². The number of carbonyl (C=O) groups excluding carboxylic acids is 1. The summed E-state index contributed by atoms with van der Waals surface area (Å²) in [4.78, 5) is 12.5. The number of aromatic nitrogens is 1. The molecule has 3 aromatic rings. The monoisotopic (exact) mass is 424 g/mol. The van der Waals surface area contributed by atoms with E-state index >= 15 is 0 Å². The van der Waals surface area contributed by atoms with Crippen molar-refractivity contribution in [2.24, 2.45) is 0 Å². The largest absolute Gasteiger partial charge is 0.350 e. The van der Waals surface area contributed by atoms with E-state index in [1.807, 2.05) is 30.3 Å². The molecule has 7 heteroatoms. The molecule has 156 valence electrons. The molecule has 4 rings (SSSR count). The molecular weight excluding hydrogens is 400 g/mol. The Kier molecular flexibility index (Phi) is 5.99. The molecule has 1 N–H and O–H groups in total. The Morgan fingerprint density at radius 2 is 1.77 bits per heavy atom. The number of amides is 1. The fourth-order valence-corrected chi connectivity index (χ4v) is 5.76. The normalized spacial score (nSPS) is 15.1. The van der Waals surface area contributed by atoms with Crippen LogP contribution < -0.4 is 5.32 Å². The van der Waals surface area contributed by atoms with Crippen molar-refractivity contribution in [2.45, 2.75) is 43.1 Å². The Bertz CT molecular complexity index is 1120. The van der Waals surface area contributed by atoms with Crippen LogP contribution in [-0.4, -0.2) is 24.7 Å². The summed E-state index contributed by atoms with van der Waals surface area (Å²) in [7, 11) is -3.20.